The van der Waals surface area contributed by atoms with Gasteiger partial charge in [0.25, 0.3) is 5.56 Å². The molecule has 2 rings (SSSR count). The van der Waals surface area contributed by atoms with Gasteiger partial charge in [-0.25, -0.2) is 4.79 Å². The summed E-state index contributed by atoms with van der Waals surface area (Å²) in [5.74, 6) is -0.362. The normalized spacial score (nSPS) is 12.0. The number of hydrogen-bond acceptors (Lipinski definition) is 3. The number of carbonyl (C=O) groups is 1. The average Bonchev–Trinajstić information content (AvgIpc) is 2.55. The number of aromatic nitrogens is 2. The van der Waals surface area contributed by atoms with Crippen molar-refractivity contribution in [2.24, 2.45) is 0 Å². The van der Waals surface area contributed by atoms with Gasteiger partial charge < -0.3 is 5.32 Å². The van der Waals surface area contributed by atoms with Crippen LogP contribution in [0.5, 0.6) is 0 Å². The van der Waals surface area contributed by atoms with Gasteiger partial charge in [0.2, 0.25) is 5.91 Å². The van der Waals surface area contributed by atoms with Gasteiger partial charge in [-0.1, -0.05) is 36.7 Å². The van der Waals surface area contributed by atoms with Crippen molar-refractivity contribution in [3.63, 3.8) is 0 Å². The molecule has 0 spiro atoms. The molecule has 1 aromatic carbocycles. The van der Waals surface area contributed by atoms with Crippen LogP contribution < -0.4 is 16.6 Å². The molecule has 0 aliphatic rings. The lowest BCUT2D eigenvalue weighted by Gasteiger charge is -2.13. The van der Waals surface area contributed by atoms with Gasteiger partial charge in [0, 0.05) is 23.3 Å². The lowest BCUT2D eigenvalue weighted by atomic mass is 10.2. The molecule has 1 N–H and O–H groups in total. The fourth-order valence-corrected chi connectivity index (χ4v) is 2.39. The summed E-state index contributed by atoms with van der Waals surface area (Å²) in [6.45, 7) is 3.73. The van der Waals surface area contributed by atoms with Crippen molar-refractivity contribution < 1.29 is 4.79 Å². The summed E-state index contributed by atoms with van der Waals surface area (Å²) in [4.78, 5) is 36.4. The Hall–Kier alpha value is -2.34. The number of rotatable bonds is 6. The molecule has 6 nitrogen and oxygen atoms in total. The average molecular weight is 350 g/mol. The summed E-state index contributed by atoms with van der Waals surface area (Å²) in [6.07, 6.45) is 2.18. The van der Waals surface area contributed by atoms with Crippen molar-refractivity contribution in [2.75, 3.05) is 0 Å². The zero-order valence-electron chi connectivity index (χ0n) is 13.7. The largest absolute Gasteiger partial charge is 0.352 e. The SMILES string of the molecule is CC[C@H](C)NC(=O)Cn1c(=O)ccn(Cc2ccccc2Cl)c1=O. The molecule has 2 aromatic rings. The molecule has 1 heterocycles. The molecule has 128 valence electrons. The Morgan fingerprint density at radius 3 is 2.62 bits per heavy atom. The molecule has 0 aliphatic carbocycles. The van der Waals surface area contributed by atoms with E-state index in [4.69, 9.17) is 11.6 Å². The minimum Gasteiger partial charge on any atom is -0.352 e. The minimum atomic E-state index is -0.540. The van der Waals surface area contributed by atoms with Crippen molar-refractivity contribution in [3.8, 4) is 0 Å². The van der Waals surface area contributed by atoms with E-state index in [9.17, 15) is 14.4 Å². The Bertz CT molecular complexity index is 841. The van der Waals surface area contributed by atoms with E-state index in [1.807, 2.05) is 19.9 Å². The molecule has 1 atom stereocenters. The van der Waals surface area contributed by atoms with E-state index in [2.05, 4.69) is 5.32 Å². The third-order valence-electron chi connectivity index (χ3n) is 3.76. The van der Waals surface area contributed by atoms with Crippen molar-refractivity contribution in [3.05, 3.63) is 68.0 Å². The zero-order chi connectivity index (χ0) is 17.7. The van der Waals surface area contributed by atoms with Gasteiger partial charge in [0.1, 0.15) is 6.54 Å². The van der Waals surface area contributed by atoms with Crippen LogP contribution >= 0.6 is 11.6 Å². The highest BCUT2D eigenvalue weighted by atomic mass is 35.5. The van der Waals surface area contributed by atoms with Crippen molar-refractivity contribution in [1.82, 2.24) is 14.5 Å². The second kappa shape index (κ2) is 7.97. The van der Waals surface area contributed by atoms with Crippen LogP contribution in [-0.4, -0.2) is 21.1 Å². The van der Waals surface area contributed by atoms with Gasteiger partial charge in [0.05, 0.1) is 6.54 Å². The number of amides is 1. The number of nitrogens with one attached hydrogen (secondary N) is 1. The number of hydrogen-bond donors (Lipinski definition) is 1. The van der Waals surface area contributed by atoms with E-state index in [1.54, 1.807) is 18.2 Å². The quantitative estimate of drug-likeness (QED) is 0.861. The summed E-state index contributed by atoms with van der Waals surface area (Å²) in [5, 5.41) is 3.28. The highest BCUT2D eigenvalue weighted by molar-refractivity contribution is 6.31. The van der Waals surface area contributed by atoms with Crippen LogP contribution in [0.25, 0.3) is 0 Å². The molecule has 0 fully saturated rings. The third kappa shape index (κ3) is 4.35. The predicted molar refractivity (Wildman–Crippen MR) is 93.4 cm³/mol. The number of nitrogens with zero attached hydrogens (tertiary/aromatic N) is 2. The molecule has 1 aromatic heterocycles. The maximum Gasteiger partial charge on any atom is 0.331 e. The summed E-state index contributed by atoms with van der Waals surface area (Å²) in [5.41, 5.74) is -0.285. The van der Waals surface area contributed by atoms with Crippen LogP contribution in [0.3, 0.4) is 0 Å². The summed E-state index contributed by atoms with van der Waals surface area (Å²) in [7, 11) is 0. The Balaban J connectivity index is 2.28. The molecule has 0 saturated carbocycles. The molecule has 0 bridgehead atoms. The minimum absolute atomic E-state index is 0.0118. The van der Waals surface area contributed by atoms with Crippen LogP contribution in [0.1, 0.15) is 25.8 Å². The van der Waals surface area contributed by atoms with Gasteiger partial charge in [-0.15, -0.1) is 0 Å². The predicted octanol–water partition coefficient (Wildman–Crippen LogP) is 1.63. The monoisotopic (exact) mass is 349 g/mol. The first-order valence-electron chi connectivity index (χ1n) is 7.75. The first kappa shape index (κ1) is 18.0. The molecule has 1 amide bonds. The van der Waals surface area contributed by atoms with Gasteiger partial charge in [-0.2, -0.15) is 0 Å². The van der Waals surface area contributed by atoms with Gasteiger partial charge >= 0.3 is 5.69 Å². The summed E-state index contributed by atoms with van der Waals surface area (Å²) < 4.78 is 2.29. The van der Waals surface area contributed by atoms with E-state index in [1.165, 1.54) is 16.8 Å². The Morgan fingerprint density at radius 1 is 1.25 bits per heavy atom. The van der Waals surface area contributed by atoms with Crippen LogP contribution in [0.4, 0.5) is 0 Å². The number of benzene rings is 1. The van der Waals surface area contributed by atoms with Crippen LogP contribution in [0, 0.1) is 0 Å². The first-order chi connectivity index (χ1) is 11.4. The first-order valence-corrected chi connectivity index (χ1v) is 8.13. The molecular formula is C17H20ClN3O3. The summed E-state index contributed by atoms with van der Waals surface area (Å²) >= 11 is 6.11. The third-order valence-corrected chi connectivity index (χ3v) is 4.13. The van der Waals surface area contributed by atoms with Gasteiger partial charge in [-0.05, 0) is 25.0 Å². The Kier molecular flexibility index (Phi) is 5.98. The smallest absolute Gasteiger partial charge is 0.331 e. The molecule has 0 saturated heterocycles. The van der Waals surface area contributed by atoms with Crippen LogP contribution in [0.2, 0.25) is 5.02 Å². The van der Waals surface area contributed by atoms with Gasteiger partial charge in [0.15, 0.2) is 0 Å². The number of halogens is 1. The second-order valence-corrected chi connectivity index (χ2v) is 6.03. The maximum absolute atomic E-state index is 12.5. The zero-order valence-corrected chi connectivity index (χ0v) is 14.4. The van der Waals surface area contributed by atoms with Crippen LogP contribution in [0.15, 0.2) is 46.1 Å². The highest BCUT2D eigenvalue weighted by Gasteiger charge is 2.12. The van der Waals surface area contributed by atoms with Gasteiger partial charge in [-0.3, -0.25) is 18.7 Å². The van der Waals surface area contributed by atoms with E-state index < -0.39 is 11.2 Å². The second-order valence-electron chi connectivity index (χ2n) is 5.62. The molecule has 24 heavy (non-hydrogen) atoms. The fraction of sp³-hybridized carbons (Fsp3) is 0.353. The van der Waals surface area contributed by atoms with E-state index in [0.717, 1.165) is 16.6 Å². The lowest BCUT2D eigenvalue weighted by Crippen LogP contribution is -2.44. The topological polar surface area (TPSA) is 73.1 Å². The number of carbonyl (C=O) groups excluding carboxylic acids is 1. The van der Waals surface area contributed by atoms with E-state index in [0.29, 0.717) is 5.02 Å². The van der Waals surface area contributed by atoms with Crippen molar-refractivity contribution in [2.45, 2.75) is 39.4 Å². The Morgan fingerprint density at radius 2 is 1.96 bits per heavy atom. The lowest BCUT2D eigenvalue weighted by molar-refractivity contribution is -0.122. The molecular weight excluding hydrogens is 330 g/mol. The molecule has 7 heteroatoms. The van der Waals surface area contributed by atoms with Crippen molar-refractivity contribution in [1.29, 1.82) is 0 Å². The summed E-state index contributed by atoms with van der Waals surface area (Å²) in [6, 6.07) is 8.42. The molecule has 0 aliphatic heterocycles. The highest BCUT2D eigenvalue weighted by Crippen LogP contribution is 2.15. The van der Waals surface area contributed by atoms with Crippen LogP contribution in [-0.2, 0) is 17.9 Å². The molecule has 0 radical (unpaired) electrons. The fourth-order valence-electron chi connectivity index (χ4n) is 2.20. The standard InChI is InChI=1S/C17H20ClN3O3/c1-3-12(2)19-15(22)11-21-16(23)8-9-20(17(21)24)10-13-6-4-5-7-14(13)18/h4-9,12H,3,10-11H2,1-2H3,(H,19,22)/t12-/m0/s1. The molecule has 0 unspecified atom stereocenters. The maximum atomic E-state index is 12.5. The van der Waals surface area contributed by atoms with E-state index in [-0.39, 0.29) is 25.0 Å². The van der Waals surface area contributed by atoms with E-state index >= 15 is 0 Å². The Labute approximate surface area is 144 Å². The van der Waals surface area contributed by atoms with Crippen molar-refractivity contribution >= 4 is 17.5 Å².